The van der Waals surface area contributed by atoms with Crippen molar-refractivity contribution in [2.45, 2.75) is 45.6 Å². The molecular weight excluding hydrogens is 248 g/mol. The molecule has 1 saturated carbocycles. The van der Waals surface area contributed by atoms with Gasteiger partial charge >= 0.3 is 0 Å². The van der Waals surface area contributed by atoms with E-state index in [0.717, 1.165) is 24.0 Å². The van der Waals surface area contributed by atoms with Crippen LogP contribution in [0.15, 0.2) is 18.2 Å². The summed E-state index contributed by atoms with van der Waals surface area (Å²) in [5.41, 5.74) is 8.97. The lowest BCUT2D eigenvalue weighted by atomic mass is 9.83. The summed E-state index contributed by atoms with van der Waals surface area (Å²) in [7, 11) is 1.93. The predicted molar refractivity (Wildman–Crippen MR) is 82.8 cm³/mol. The van der Waals surface area contributed by atoms with Crippen molar-refractivity contribution in [2.24, 2.45) is 11.7 Å². The molecule has 3 nitrogen and oxygen atoms in total. The van der Waals surface area contributed by atoms with Gasteiger partial charge in [0.25, 0.3) is 5.91 Å². The standard InChI is InChI=1S/C17H26N2O/c1-12-7-6-9-15(13(12)2)17(20)19(3)16-10-5-4-8-14(16)11-18/h6-7,9,14,16H,4-5,8,10-11,18H2,1-3H3. The molecule has 1 aromatic rings. The third-order valence-corrected chi connectivity index (χ3v) is 4.82. The number of hydrogen-bond donors (Lipinski definition) is 1. The molecular formula is C17H26N2O. The van der Waals surface area contributed by atoms with Crippen molar-refractivity contribution in [3.05, 3.63) is 34.9 Å². The molecule has 2 rings (SSSR count). The van der Waals surface area contributed by atoms with Crippen molar-refractivity contribution in [3.63, 3.8) is 0 Å². The van der Waals surface area contributed by atoms with Crippen molar-refractivity contribution in [2.75, 3.05) is 13.6 Å². The highest BCUT2D eigenvalue weighted by atomic mass is 16.2. The van der Waals surface area contributed by atoms with Gasteiger partial charge in [-0.1, -0.05) is 25.0 Å². The molecule has 0 saturated heterocycles. The van der Waals surface area contributed by atoms with Crippen molar-refractivity contribution in [3.8, 4) is 0 Å². The van der Waals surface area contributed by atoms with Gasteiger partial charge in [0.1, 0.15) is 0 Å². The van der Waals surface area contributed by atoms with E-state index < -0.39 is 0 Å². The van der Waals surface area contributed by atoms with Gasteiger partial charge in [0, 0.05) is 18.7 Å². The maximum absolute atomic E-state index is 12.8. The van der Waals surface area contributed by atoms with Gasteiger partial charge in [0.2, 0.25) is 0 Å². The van der Waals surface area contributed by atoms with E-state index in [1.165, 1.54) is 18.4 Å². The summed E-state index contributed by atoms with van der Waals surface area (Å²) in [5, 5.41) is 0. The second-order valence-electron chi connectivity index (χ2n) is 6.01. The van der Waals surface area contributed by atoms with Crippen molar-refractivity contribution >= 4 is 5.91 Å². The second-order valence-corrected chi connectivity index (χ2v) is 6.01. The molecule has 2 unspecified atom stereocenters. The van der Waals surface area contributed by atoms with Gasteiger partial charge in [0.05, 0.1) is 0 Å². The number of benzene rings is 1. The van der Waals surface area contributed by atoms with Crippen LogP contribution in [-0.2, 0) is 0 Å². The molecule has 110 valence electrons. The minimum atomic E-state index is 0.136. The zero-order valence-corrected chi connectivity index (χ0v) is 12.9. The van der Waals surface area contributed by atoms with Gasteiger partial charge in [-0.25, -0.2) is 0 Å². The molecule has 0 heterocycles. The summed E-state index contributed by atoms with van der Waals surface area (Å²) < 4.78 is 0. The zero-order valence-electron chi connectivity index (χ0n) is 12.9. The molecule has 20 heavy (non-hydrogen) atoms. The molecule has 1 aliphatic rings. The number of nitrogens with two attached hydrogens (primary N) is 1. The Balaban J connectivity index is 2.21. The van der Waals surface area contributed by atoms with Crippen LogP contribution in [0.4, 0.5) is 0 Å². The fourth-order valence-corrected chi connectivity index (χ4v) is 3.30. The molecule has 0 aliphatic heterocycles. The molecule has 0 radical (unpaired) electrons. The maximum Gasteiger partial charge on any atom is 0.254 e. The average Bonchev–Trinajstić information content (AvgIpc) is 2.48. The van der Waals surface area contributed by atoms with Crippen molar-refractivity contribution in [1.82, 2.24) is 4.90 Å². The third kappa shape index (κ3) is 2.88. The number of aryl methyl sites for hydroxylation is 1. The van der Waals surface area contributed by atoms with Crippen LogP contribution in [0.1, 0.15) is 47.2 Å². The van der Waals surface area contributed by atoms with Crippen molar-refractivity contribution < 1.29 is 4.79 Å². The van der Waals surface area contributed by atoms with Gasteiger partial charge in [-0.2, -0.15) is 0 Å². The van der Waals surface area contributed by atoms with Crippen LogP contribution in [0.2, 0.25) is 0 Å². The number of hydrogen-bond acceptors (Lipinski definition) is 2. The predicted octanol–water partition coefficient (Wildman–Crippen LogP) is 2.89. The van der Waals surface area contributed by atoms with Crippen LogP contribution in [0.3, 0.4) is 0 Å². The normalized spacial score (nSPS) is 22.6. The van der Waals surface area contributed by atoms with E-state index in [-0.39, 0.29) is 5.91 Å². The van der Waals surface area contributed by atoms with E-state index in [2.05, 4.69) is 13.0 Å². The van der Waals surface area contributed by atoms with Crippen molar-refractivity contribution in [1.29, 1.82) is 0 Å². The Morgan fingerprint density at radius 1 is 1.30 bits per heavy atom. The van der Waals surface area contributed by atoms with Gasteiger partial charge in [-0.15, -0.1) is 0 Å². The van der Waals surface area contributed by atoms with Crippen LogP contribution in [-0.4, -0.2) is 30.4 Å². The van der Waals surface area contributed by atoms with E-state index in [4.69, 9.17) is 5.73 Å². The third-order valence-electron chi connectivity index (χ3n) is 4.82. The Morgan fingerprint density at radius 3 is 2.70 bits per heavy atom. The first-order chi connectivity index (χ1) is 9.56. The number of rotatable bonds is 3. The van der Waals surface area contributed by atoms with E-state index in [0.29, 0.717) is 18.5 Å². The Morgan fingerprint density at radius 2 is 2.00 bits per heavy atom. The first kappa shape index (κ1) is 15.0. The van der Waals surface area contributed by atoms with Gasteiger partial charge in [0.15, 0.2) is 0 Å². The van der Waals surface area contributed by atoms with E-state index in [9.17, 15) is 4.79 Å². The molecule has 0 bridgehead atoms. The van der Waals surface area contributed by atoms with Crippen LogP contribution in [0.25, 0.3) is 0 Å². The Hall–Kier alpha value is -1.35. The maximum atomic E-state index is 12.8. The molecule has 3 heteroatoms. The fraction of sp³-hybridized carbons (Fsp3) is 0.588. The molecule has 2 atom stereocenters. The monoisotopic (exact) mass is 274 g/mol. The summed E-state index contributed by atoms with van der Waals surface area (Å²) in [6.45, 7) is 4.75. The molecule has 2 N–H and O–H groups in total. The quantitative estimate of drug-likeness (QED) is 0.921. The van der Waals surface area contributed by atoms with Crippen LogP contribution in [0.5, 0.6) is 0 Å². The smallest absolute Gasteiger partial charge is 0.254 e. The van der Waals surface area contributed by atoms with Crippen LogP contribution in [0, 0.1) is 19.8 Å². The Labute approximate surface area is 122 Å². The highest BCUT2D eigenvalue weighted by molar-refractivity contribution is 5.96. The largest absolute Gasteiger partial charge is 0.338 e. The number of carbonyl (C=O) groups excluding carboxylic acids is 1. The first-order valence-corrected chi connectivity index (χ1v) is 7.59. The van der Waals surface area contributed by atoms with Gasteiger partial charge in [-0.05, 0) is 56.3 Å². The number of carbonyl (C=O) groups is 1. The summed E-state index contributed by atoms with van der Waals surface area (Å²) in [4.78, 5) is 14.7. The summed E-state index contributed by atoms with van der Waals surface area (Å²) in [6, 6.07) is 6.24. The lowest BCUT2D eigenvalue weighted by Crippen LogP contribution is -2.46. The topological polar surface area (TPSA) is 46.3 Å². The van der Waals surface area contributed by atoms with Gasteiger partial charge < -0.3 is 10.6 Å². The highest BCUT2D eigenvalue weighted by Crippen LogP contribution is 2.28. The van der Waals surface area contributed by atoms with E-state index >= 15 is 0 Å². The Kier molecular flexibility index (Phi) is 4.81. The first-order valence-electron chi connectivity index (χ1n) is 7.59. The summed E-state index contributed by atoms with van der Waals surface area (Å²) >= 11 is 0. The lowest BCUT2D eigenvalue weighted by Gasteiger charge is -2.37. The summed E-state index contributed by atoms with van der Waals surface area (Å²) in [6.07, 6.45) is 4.66. The summed E-state index contributed by atoms with van der Waals surface area (Å²) in [5.74, 6) is 0.583. The second kappa shape index (κ2) is 6.40. The van der Waals surface area contributed by atoms with E-state index in [1.54, 1.807) is 0 Å². The minimum absolute atomic E-state index is 0.136. The minimum Gasteiger partial charge on any atom is -0.338 e. The van der Waals surface area contributed by atoms with Crippen LogP contribution >= 0.6 is 0 Å². The molecule has 1 fully saturated rings. The zero-order chi connectivity index (χ0) is 14.7. The highest BCUT2D eigenvalue weighted by Gasteiger charge is 2.30. The number of amides is 1. The Bertz CT molecular complexity index is 484. The average molecular weight is 274 g/mol. The van der Waals surface area contributed by atoms with Gasteiger partial charge in [-0.3, -0.25) is 4.79 Å². The fourth-order valence-electron chi connectivity index (χ4n) is 3.30. The molecule has 1 aromatic carbocycles. The number of nitrogens with zero attached hydrogens (tertiary/aromatic N) is 1. The molecule has 1 aliphatic carbocycles. The molecule has 0 spiro atoms. The van der Waals surface area contributed by atoms with Crippen LogP contribution < -0.4 is 5.73 Å². The molecule has 1 amide bonds. The SMILES string of the molecule is Cc1cccc(C(=O)N(C)C2CCCCC2CN)c1C. The lowest BCUT2D eigenvalue weighted by molar-refractivity contribution is 0.0619. The van der Waals surface area contributed by atoms with E-state index in [1.807, 2.05) is 31.0 Å². The molecule has 0 aromatic heterocycles.